The average molecular weight is 377 g/mol. The van der Waals surface area contributed by atoms with Crippen LogP contribution in [0.4, 0.5) is 5.82 Å². The summed E-state index contributed by atoms with van der Waals surface area (Å²) in [6.07, 6.45) is 3.10. The van der Waals surface area contributed by atoms with E-state index in [1.54, 1.807) is 29.1 Å². The third-order valence-electron chi connectivity index (χ3n) is 4.18. The Bertz CT molecular complexity index is 1220. The molecule has 0 radical (unpaired) electrons. The first-order chi connectivity index (χ1) is 13.0. The van der Waals surface area contributed by atoms with Crippen molar-refractivity contribution in [3.63, 3.8) is 0 Å². The number of carbonyl (C=O) groups excluding carboxylic acids is 1. The number of halogens is 1. The van der Waals surface area contributed by atoms with Gasteiger partial charge in [0.25, 0.3) is 5.91 Å². The van der Waals surface area contributed by atoms with Crippen LogP contribution in [0.2, 0.25) is 5.02 Å². The minimum atomic E-state index is -0.335. The van der Waals surface area contributed by atoms with E-state index in [4.69, 9.17) is 16.9 Å². The number of hydrogen-bond donors (Lipinski definition) is 2. The molecule has 2 aromatic heterocycles. The molecule has 7 nitrogen and oxygen atoms in total. The normalized spacial score (nSPS) is 10.7. The van der Waals surface area contributed by atoms with E-state index < -0.39 is 0 Å². The Morgan fingerprint density at radius 3 is 2.96 bits per heavy atom. The van der Waals surface area contributed by atoms with Crippen LogP contribution in [-0.4, -0.2) is 25.9 Å². The van der Waals surface area contributed by atoms with Crippen molar-refractivity contribution in [2.75, 3.05) is 5.32 Å². The molecule has 0 aliphatic rings. The highest BCUT2D eigenvalue weighted by atomic mass is 35.5. The highest BCUT2D eigenvalue weighted by molar-refractivity contribution is 6.30. The van der Waals surface area contributed by atoms with Crippen LogP contribution in [0.25, 0.3) is 16.6 Å². The Balaban J connectivity index is 1.61. The number of carbonyl (C=O) groups is 1. The summed E-state index contributed by atoms with van der Waals surface area (Å²) in [5, 5.41) is 24.4. The van der Waals surface area contributed by atoms with Gasteiger partial charge in [-0.2, -0.15) is 15.5 Å². The number of aromatic amines is 1. The number of anilines is 1. The summed E-state index contributed by atoms with van der Waals surface area (Å²) in [5.74, 6) is 0.0665. The molecule has 0 aliphatic carbocycles. The third kappa shape index (κ3) is 3.14. The zero-order valence-corrected chi connectivity index (χ0v) is 14.9. The fourth-order valence-corrected chi connectivity index (χ4v) is 2.95. The number of nitriles is 1. The molecule has 132 valence electrons. The minimum absolute atomic E-state index is 0.335. The van der Waals surface area contributed by atoms with E-state index in [1.165, 1.54) is 6.20 Å². The number of amides is 1. The summed E-state index contributed by atoms with van der Waals surface area (Å²) >= 11 is 6.00. The van der Waals surface area contributed by atoms with Crippen molar-refractivity contribution in [1.29, 1.82) is 5.26 Å². The zero-order chi connectivity index (χ0) is 19.0. The number of rotatable bonds is 3. The fraction of sp³-hybridized carbons (Fsp3) is 0.0526. The van der Waals surface area contributed by atoms with E-state index in [2.05, 4.69) is 26.7 Å². The van der Waals surface area contributed by atoms with Gasteiger partial charge in [0, 0.05) is 16.6 Å². The molecule has 0 fully saturated rings. The lowest BCUT2D eigenvalue weighted by Gasteiger charge is -2.02. The standard InChI is InChI=1S/C19H13ClN6O/c1-11-5-16-17(6-12(11)8-21)24-25-18(16)23-19(27)13-9-22-26(10-13)15-4-2-3-14(20)7-15/h2-7,9-10H,1H3,(H2,23,24,25,27). The minimum Gasteiger partial charge on any atom is -0.304 e. The highest BCUT2D eigenvalue weighted by Gasteiger charge is 2.15. The van der Waals surface area contributed by atoms with Gasteiger partial charge >= 0.3 is 0 Å². The van der Waals surface area contributed by atoms with Crippen LogP contribution in [0, 0.1) is 18.3 Å². The van der Waals surface area contributed by atoms with Gasteiger partial charge in [-0.3, -0.25) is 9.89 Å². The van der Waals surface area contributed by atoms with Crippen LogP contribution < -0.4 is 5.32 Å². The molecule has 2 N–H and O–H groups in total. The third-order valence-corrected chi connectivity index (χ3v) is 4.41. The fourth-order valence-electron chi connectivity index (χ4n) is 2.77. The number of aryl methyl sites for hydroxylation is 1. The number of nitrogens with zero attached hydrogens (tertiary/aromatic N) is 4. The maximum Gasteiger partial charge on any atom is 0.260 e. The lowest BCUT2D eigenvalue weighted by molar-refractivity contribution is 0.102. The number of hydrogen-bond acceptors (Lipinski definition) is 4. The van der Waals surface area contributed by atoms with Crippen molar-refractivity contribution < 1.29 is 4.79 Å². The Morgan fingerprint density at radius 2 is 2.19 bits per heavy atom. The van der Waals surface area contributed by atoms with Crippen LogP contribution in [0.5, 0.6) is 0 Å². The molecule has 27 heavy (non-hydrogen) atoms. The van der Waals surface area contributed by atoms with Crippen LogP contribution in [0.15, 0.2) is 48.8 Å². The topological polar surface area (TPSA) is 99.4 Å². The second kappa shape index (κ2) is 6.59. The first-order valence-electron chi connectivity index (χ1n) is 8.06. The SMILES string of the molecule is Cc1cc2c(NC(=O)c3cnn(-c4cccc(Cl)c4)c3)n[nH]c2cc1C#N. The molecule has 2 heterocycles. The van der Waals surface area contributed by atoms with Gasteiger partial charge in [0.1, 0.15) is 0 Å². The van der Waals surface area contributed by atoms with Crippen LogP contribution in [0.3, 0.4) is 0 Å². The number of fused-ring (bicyclic) bond motifs is 1. The molecule has 0 unspecified atom stereocenters. The van der Waals surface area contributed by atoms with E-state index in [9.17, 15) is 4.79 Å². The first kappa shape index (κ1) is 16.8. The van der Waals surface area contributed by atoms with Gasteiger partial charge in [0.15, 0.2) is 5.82 Å². The molecule has 4 aromatic rings. The molecule has 0 bridgehead atoms. The molecular formula is C19H13ClN6O. The van der Waals surface area contributed by atoms with E-state index in [-0.39, 0.29) is 5.91 Å². The second-order valence-corrected chi connectivity index (χ2v) is 6.44. The summed E-state index contributed by atoms with van der Waals surface area (Å²) in [6.45, 7) is 1.84. The highest BCUT2D eigenvalue weighted by Crippen LogP contribution is 2.24. The number of benzene rings is 2. The average Bonchev–Trinajstić information content (AvgIpc) is 3.29. The summed E-state index contributed by atoms with van der Waals surface area (Å²) in [4.78, 5) is 12.6. The first-order valence-corrected chi connectivity index (χ1v) is 8.44. The van der Waals surface area contributed by atoms with Crippen molar-refractivity contribution in [3.8, 4) is 11.8 Å². The van der Waals surface area contributed by atoms with Crippen LogP contribution >= 0.6 is 11.6 Å². The molecule has 0 atom stereocenters. The smallest absolute Gasteiger partial charge is 0.260 e. The molecule has 0 saturated heterocycles. The molecule has 0 saturated carbocycles. The maximum atomic E-state index is 12.6. The van der Waals surface area contributed by atoms with Crippen molar-refractivity contribution in [2.24, 2.45) is 0 Å². The second-order valence-electron chi connectivity index (χ2n) is 6.00. The van der Waals surface area contributed by atoms with Gasteiger partial charge in [-0.1, -0.05) is 17.7 Å². The summed E-state index contributed by atoms with van der Waals surface area (Å²) in [5.41, 5.74) is 3.20. The van der Waals surface area contributed by atoms with Crippen LogP contribution in [0.1, 0.15) is 21.5 Å². The molecular weight excluding hydrogens is 364 g/mol. The Labute approximate surface area is 159 Å². The van der Waals surface area contributed by atoms with Crippen molar-refractivity contribution in [2.45, 2.75) is 6.92 Å². The van der Waals surface area contributed by atoms with Crippen molar-refractivity contribution >= 4 is 34.2 Å². The number of nitrogens with one attached hydrogen (secondary N) is 2. The molecule has 4 rings (SSSR count). The Kier molecular flexibility index (Phi) is 4.11. The van der Waals surface area contributed by atoms with E-state index in [0.29, 0.717) is 27.5 Å². The van der Waals surface area contributed by atoms with Gasteiger partial charge in [-0.25, -0.2) is 4.68 Å². The molecule has 2 aromatic carbocycles. The largest absolute Gasteiger partial charge is 0.304 e. The van der Waals surface area contributed by atoms with E-state index in [0.717, 1.165) is 16.6 Å². The van der Waals surface area contributed by atoms with Crippen LogP contribution in [-0.2, 0) is 0 Å². The van der Waals surface area contributed by atoms with Crippen molar-refractivity contribution in [3.05, 3.63) is 70.5 Å². The Hall–Kier alpha value is -3.63. The summed E-state index contributed by atoms with van der Waals surface area (Å²) in [7, 11) is 0. The predicted molar refractivity (Wildman–Crippen MR) is 102 cm³/mol. The Morgan fingerprint density at radius 1 is 1.33 bits per heavy atom. The predicted octanol–water partition coefficient (Wildman–Crippen LogP) is 3.83. The van der Waals surface area contributed by atoms with Gasteiger partial charge in [-0.05, 0) is 42.8 Å². The lowest BCUT2D eigenvalue weighted by atomic mass is 10.1. The molecule has 1 amide bonds. The monoisotopic (exact) mass is 376 g/mol. The molecule has 0 aliphatic heterocycles. The van der Waals surface area contributed by atoms with Crippen molar-refractivity contribution in [1.82, 2.24) is 20.0 Å². The van der Waals surface area contributed by atoms with Gasteiger partial charge in [-0.15, -0.1) is 0 Å². The zero-order valence-electron chi connectivity index (χ0n) is 14.2. The summed E-state index contributed by atoms with van der Waals surface area (Å²) < 4.78 is 1.58. The molecule has 8 heteroatoms. The van der Waals surface area contributed by atoms with E-state index in [1.807, 2.05) is 25.1 Å². The molecule has 0 spiro atoms. The van der Waals surface area contributed by atoms with Gasteiger partial charge < -0.3 is 5.32 Å². The lowest BCUT2D eigenvalue weighted by Crippen LogP contribution is -2.11. The van der Waals surface area contributed by atoms with Gasteiger partial charge in [0.2, 0.25) is 0 Å². The summed E-state index contributed by atoms with van der Waals surface area (Å²) in [6, 6.07) is 12.8. The number of H-pyrrole nitrogens is 1. The van der Waals surface area contributed by atoms with E-state index >= 15 is 0 Å². The number of aromatic nitrogens is 4. The van der Waals surface area contributed by atoms with Gasteiger partial charge in [0.05, 0.1) is 34.6 Å². The quantitative estimate of drug-likeness (QED) is 0.567. The maximum absolute atomic E-state index is 12.6.